The van der Waals surface area contributed by atoms with Crippen molar-refractivity contribution in [3.8, 4) is 0 Å². The molecule has 0 unspecified atom stereocenters. The lowest BCUT2D eigenvalue weighted by atomic mass is 10.2. The number of halogens is 2. The zero-order valence-corrected chi connectivity index (χ0v) is 14.9. The number of nitrogens with zero attached hydrogens (tertiary/aromatic N) is 2. The van der Waals surface area contributed by atoms with E-state index in [9.17, 15) is 19.2 Å². The van der Waals surface area contributed by atoms with Crippen LogP contribution in [0.1, 0.15) is 31.2 Å². The SMILES string of the molecule is Cc1ccc(N=C=O)cc1N=C=O.Cl.Cl.O=C(O)CCCCC(=O)O. The molecule has 0 fully saturated rings. The highest BCUT2D eigenvalue weighted by atomic mass is 35.5. The van der Waals surface area contributed by atoms with Crippen LogP contribution in [0.25, 0.3) is 0 Å². The first-order chi connectivity index (χ1) is 10.9. The van der Waals surface area contributed by atoms with E-state index < -0.39 is 11.9 Å². The van der Waals surface area contributed by atoms with Gasteiger partial charge in [0.25, 0.3) is 0 Å². The molecule has 0 radical (unpaired) electrons. The molecule has 8 nitrogen and oxygen atoms in total. The molecule has 1 rings (SSSR count). The second kappa shape index (κ2) is 16.4. The van der Waals surface area contributed by atoms with Gasteiger partial charge in [-0.25, -0.2) is 9.59 Å². The number of aliphatic imine (C=N–C) groups is 2. The summed E-state index contributed by atoms with van der Waals surface area (Å²) in [5.41, 5.74) is 1.72. The van der Waals surface area contributed by atoms with Gasteiger partial charge in [0.05, 0.1) is 11.4 Å². The molecule has 0 spiro atoms. The van der Waals surface area contributed by atoms with Crippen LogP contribution in [0.15, 0.2) is 28.2 Å². The van der Waals surface area contributed by atoms with Crippen LogP contribution in [0, 0.1) is 6.92 Å². The lowest BCUT2D eigenvalue weighted by Gasteiger charge is -1.97. The summed E-state index contributed by atoms with van der Waals surface area (Å²) in [7, 11) is 0. The third-order valence-electron chi connectivity index (χ3n) is 2.56. The van der Waals surface area contributed by atoms with Crippen molar-refractivity contribution < 1.29 is 29.4 Å². The van der Waals surface area contributed by atoms with Gasteiger partial charge < -0.3 is 10.2 Å². The van der Waals surface area contributed by atoms with Gasteiger partial charge >= 0.3 is 11.9 Å². The van der Waals surface area contributed by atoms with Gasteiger partial charge in [0.2, 0.25) is 12.2 Å². The van der Waals surface area contributed by atoms with Crippen LogP contribution in [0.2, 0.25) is 0 Å². The number of carboxylic acids is 2. The number of rotatable bonds is 7. The molecule has 0 aromatic heterocycles. The van der Waals surface area contributed by atoms with Gasteiger partial charge in [0, 0.05) is 12.8 Å². The maximum atomic E-state index is 10.00. The molecule has 0 saturated heterocycles. The number of benzene rings is 1. The van der Waals surface area contributed by atoms with Crippen LogP contribution in [0.3, 0.4) is 0 Å². The molecule has 1 aromatic rings. The molecular weight excluding hydrogens is 375 g/mol. The van der Waals surface area contributed by atoms with Crippen molar-refractivity contribution in [2.75, 3.05) is 0 Å². The van der Waals surface area contributed by atoms with Crippen molar-refractivity contribution in [1.29, 1.82) is 0 Å². The van der Waals surface area contributed by atoms with Gasteiger partial charge in [-0.15, -0.1) is 24.8 Å². The van der Waals surface area contributed by atoms with E-state index in [0.29, 0.717) is 24.2 Å². The third kappa shape index (κ3) is 14.8. The van der Waals surface area contributed by atoms with Crippen molar-refractivity contribution in [2.24, 2.45) is 9.98 Å². The van der Waals surface area contributed by atoms with Crippen LogP contribution in [0.4, 0.5) is 11.4 Å². The van der Waals surface area contributed by atoms with E-state index in [1.165, 1.54) is 18.2 Å². The summed E-state index contributed by atoms with van der Waals surface area (Å²) in [6, 6.07) is 4.88. The number of unbranched alkanes of at least 4 members (excludes halogenated alkanes) is 1. The standard InChI is InChI=1S/C9H6N2O2.C6H10O4.2ClH/c1-7-2-3-8(10-5-12)4-9(7)11-6-13;7-5(8)3-1-2-4-6(9)10;;/h2-4H,1H3;1-4H2,(H,7,8)(H,9,10);2*1H. The fraction of sp³-hybridized carbons (Fsp3) is 0.333. The normalized spacial score (nSPS) is 8.04. The second-order valence-electron chi connectivity index (χ2n) is 4.37. The zero-order valence-electron chi connectivity index (χ0n) is 13.3. The van der Waals surface area contributed by atoms with Gasteiger partial charge in [-0.05, 0) is 37.5 Å². The fourth-order valence-corrected chi connectivity index (χ4v) is 1.44. The summed E-state index contributed by atoms with van der Waals surface area (Å²) in [6.45, 7) is 1.80. The van der Waals surface area contributed by atoms with Gasteiger partial charge in [0.1, 0.15) is 0 Å². The number of hydrogen-bond acceptors (Lipinski definition) is 6. The molecule has 0 bridgehead atoms. The molecule has 10 heteroatoms. The Kier molecular flexibility index (Phi) is 17.9. The maximum Gasteiger partial charge on any atom is 0.303 e. The van der Waals surface area contributed by atoms with Crippen LogP contribution < -0.4 is 0 Å². The van der Waals surface area contributed by atoms with E-state index in [1.807, 2.05) is 0 Å². The molecule has 1 aromatic carbocycles. The summed E-state index contributed by atoms with van der Waals surface area (Å²) in [5, 5.41) is 16.3. The topological polar surface area (TPSA) is 133 Å². The zero-order chi connectivity index (χ0) is 17.7. The average Bonchev–Trinajstić information content (AvgIpc) is 2.48. The van der Waals surface area contributed by atoms with E-state index in [-0.39, 0.29) is 37.7 Å². The molecule has 0 atom stereocenters. The largest absolute Gasteiger partial charge is 0.481 e. The Balaban J connectivity index is -0.000000370. The molecule has 0 aliphatic heterocycles. The van der Waals surface area contributed by atoms with Crippen molar-refractivity contribution in [2.45, 2.75) is 32.6 Å². The van der Waals surface area contributed by atoms with E-state index in [1.54, 1.807) is 19.1 Å². The first-order valence-corrected chi connectivity index (χ1v) is 6.60. The fourth-order valence-electron chi connectivity index (χ4n) is 1.44. The lowest BCUT2D eigenvalue weighted by Crippen LogP contribution is -1.97. The Morgan fingerprint density at radius 2 is 1.44 bits per heavy atom. The van der Waals surface area contributed by atoms with Crippen molar-refractivity contribution in [1.82, 2.24) is 0 Å². The molecule has 138 valence electrons. The monoisotopic (exact) mass is 392 g/mol. The Hall–Kier alpha value is -2.50. The van der Waals surface area contributed by atoms with Crippen molar-refractivity contribution in [3.63, 3.8) is 0 Å². The molecule has 2 N–H and O–H groups in total. The van der Waals surface area contributed by atoms with E-state index in [4.69, 9.17) is 10.2 Å². The quantitative estimate of drug-likeness (QED) is 0.414. The molecule has 25 heavy (non-hydrogen) atoms. The second-order valence-corrected chi connectivity index (χ2v) is 4.37. The number of carbonyl (C=O) groups excluding carboxylic acids is 2. The highest BCUT2D eigenvalue weighted by molar-refractivity contribution is 5.85. The van der Waals surface area contributed by atoms with Crippen molar-refractivity contribution >= 4 is 60.3 Å². The smallest absolute Gasteiger partial charge is 0.303 e. The van der Waals surface area contributed by atoms with Gasteiger partial charge in [-0.1, -0.05) is 6.07 Å². The predicted octanol–water partition coefficient (Wildman–Crippen LogP) is 3.49. The molecular formula is C15H18Cl2N2O6. The molecule has 0 heterocycles. The number of hydrogen-bond donors (Lipinski definition) is 2. The summed E-state index contributed by atoms with van der Waals surface area (Å²) in [5.74, 6) is -1.74. The summed E-state index contributed by atoms with van der Waals surface area (Å²) >= 11 is 0. The van der Waals surface area contributed by atoms with Crippen LogP contribution >= 0.6 is 24.8 Å². The Morgan fingerprint density at radius 1 is 0.960 bits per heavy atom. The Morgan fingerprint density at radius 3 is 1.84 bits per heavy atom. The van der Waals surface area contributed by atoms with Crippen LogP contribution in [-0.2, 0) is 19.2 Å². The van der Waals surface area contributed by atoms with Crippen molar-refractivity contribution in [3.05, 3.63) is 23.8 Å². The summed E-state index contributed by atoms with van der Waals surface area (Å²) in [6.07, 6.45) is 3.85. The first-order valence-electron chi connectivity index (χ1n) is 6.60. The predicted molar refractivity (Wildman–Crippen MR) is 95.0 cm³/mol. The minimum Gasteiger partial charge on any atom is -0.481 e. The number of aliphatic carboxylic acids is 2. The Bertz CT molecular complexity index is 637. The van der Waals surface area contributed by atoms with E-state index >= 15 is 0 Å². The number of carboxylic acid groups (broad SMARTS) is 2. The molecule has 0 aliphatic rings. The van der Waals surface area contributed by atoms with E-state index in [2.05, 4.69) is 9.98 Å². The average molecular weight is 393 g/mol. The highest BCUT2D eigenvalue weighted by Gasteiger charge is 1.99. The highest BCUT2D eigenvalue weighted by Crippen LogP contribution is 2.23. The van der Waals surface area contributed by atoms with Gasteiger partial charge in [-0.2, -0.15) is 9.98 Å². The lowest BCUT2D eigenvalue weighted by molar-refractivity contribution is -0.139. The molecule has 0 amide bonds. The van der Waals surface area contributed by atoms with E-state index in [0.717, 1.165) is 5.56 Å². The van der Waals surface area contributed by atoms with Gasteiger partial charge in [-0.3, -0.25) is 9.59 Å². The maximum absolute atomic E-state index is 10.00. The summed E-state index contributed by atoms with van der Waals surface area (Å²) in [4.78, 5) is 46.6. The minimum atomic E-state index is -0.870. The van der Waals surface area contributed by atoms with Crippen LogP contribution in [0.5, 0.6) is 0 Å². The first kappa shape index (κ1) is 27.4. The number of isocyanates is 2. The third-order valence-corrected chi connectivity index (χ3v) is 2.56. The summed E-state index contributed by atoms with van der Waals surface area (Å²) < 4.78 is 0. The Labute approximate surface area is 156 Å². The molecule has 0 aliphatic carbocycles. The number of carbonyl (C=O) groups is 2. The molecule has 0 saturated carbocycles. The minimum absolute atomic E-state index is 0. The van der Waals surface area contributed by atoms with Gasteiger partial charge in [0.15, 0.2) is 0 Å². The van der Waals surface area contributed by atoms with Crippen LogP contribution in [-0.4, -0.2) is 34.3 Å². The number of aryl methyl sites for hydroxylation is 1.